The van der Waals surface area contributed by atoms with Gasteiger partial charge in [-0.1, -0.05) is 30.3 Å². The summed E-state index contributed by atoms with van der Waals surface area (Å²) in [7, 11) is 0. The van der Waals surface area contributed by atoms with Crippen LogP contribution in [0.5, 0.6) is 0 Å². The summed E-state index contributed by atoms with van der Waals surface area (Å²) in [6, 6.07) is 9.30. The van der Waals surface area contributed by atoms with E-state index in [1.54, 1.807) is 4.90 Å². The van der Waals surface area contributed by atoms with E-state index in [9.17, 15) is 9.59 Å². The topological polar surface area (TPSA) is 70.7 Å². The van der Waals surface area contributed by atoms with Crippen molar-refractivity contribution >= 4 is 24.2 Å². The van der Waals surface area contributed by atoms with Crippen molar-refractivity contribution in [2.75, 3.05) is 26.3 Å². The van der Waals surface area contributed by atoms with E-state index in [1.165, 1.54) is 0 Å². The molecule has 2 aliphatic heterocycles. The second-order valence-corrected chi connectivity index (χ2v) is 6.09. The molecule has 1 aromatic carbocycles. The molecule has 1 unspecified atom stereocenters. The van der Waals surface area contributed by atoms with Crippen molar-refractivity contribution in [3.8, 4) is 0 Å². The zero-order chi connectivity index (χ0) is 16.1. The Bertz CT molecular complexity index is 549. The molecule has 0 aromatic heterocycles. The van der Waals surface area contributed by atoms with Gasteiger partial charge in [0, 0.05) is 19.1 Å². The number of hydrogen-bond acceptors (Lipinski definition) is 4. The Morgan fingerprint density at radius 2 is 2.12 bits per heavy atom. The molecule has 3 rings (SSSR count). The Labute approximate surface area is 148 Å². The SMILES string of the molecule is Cl.O=C(NC1CCCNC1)[C@H]1COCC(=O)N1Cc1ccccc1. The third-order valence-corrected chi connectivity index (χ3v) is 4.34. The van der Waals surface area contributed by atoms with Gasteiger partial charge in [-0.3, -0.25) is 9.59 Å². The summed E-state index contributed by atoms with van der Waals surface area (Å²) in [4.78, 5) is 26.4. The van der Waals surface area contributed by atoms with Crippen molar-refractivity contribution < 1.29 is 14.3 Å². The van der Waals surface area contributed by atoms with Crippen molar-refractivity contribution in [1.82, 2.24) is 15.5 Å². The number of nitrogens with one attached hydrogen (secondary N) is 2. The second-order valence-electron chi connectivity index (χ2n) is 6.09. The summed E-state index contributed by atoms with van der Waals surface area (Å²) in [6.07, 6.45) is 2.03. The number of morpholine rings is 1. The molecule has 0 radical (unpaired) electrons. The molecule has 2 N–H and O–H groups in total. The van der Waals surface area contributed by atoms with Crippen molar-refractivity contribution in [3.05, 3.63) is 35.9 Å². The van der Waals surface area contributed by atoms with Gasteiger partial charge in [0.05, 0.1) is 6.61 Å². The molecule has 0 bridgehead atoms. The van der Waals surface area contributed by atoms with Crippen LogP contribution in [0.15, 0.2) is 30.3 Å². The lowest BCUT2D eigenvalue weighted by Crippen LogP contribution is -2.58. The van der Waals surface area contributed by atoms with Gasteiger partial charge in [0.2, 0.25) is 11.8 Å². The maximum atomic E-state index is 12.6. The number of benzene rings is 1. The molecule has 2 aliphatic rings. The smallest absolute Gasteiger partial charge is 0.249 e. The quantitative estimate of drug-likeness (QED) is 0.836. The van der Waals surface area contributed by atoms with E-state index >= 15 is 0 Å². The minimum Gasteiger partial charge on any atom is -0.369 e. The fourth-order valence-electron chi connectivity index (χ4n) is 3.07. The highest BCUT2D eigenvalue weighted by molar-refractivity contribution is 5.89. The number of piperidine rings is 1. The van der Waals surface area contributed by atoms with Crippen LogP contribution in [0.1, 0.15) is 18.4 Å². The lowest BCUT2D eigenvalue weighted by Gasteiger charge is -2.36. The Hall–Kier alpha value is -1.63. The van der Waals surface area contributed by atoms with Gasteiger partial charge in [-0.25, -0.2) is 0 Å². The average Bonchev–Trinajstić information content (AvgIpc) is 2.58. The molecule has 7 heteroatoms. The van der Waals surface area contributed by atoms with Crippen molar-refractivity contribution in [2.24, 2.45) is 0 Å². The van der Waals surface area contributed by atoms with Crippen LogP contribution in [0.3, 0.4) is 0 Å². The van der Waals surface area contributed by atoms with Crippen LogP contribution in [0.25, 0.3) is 0 Å². The first kappa shape index (κ1) is 18.7. The summed E-state index contributed by atoms with van der Waals surface area (Å²) in [5.41, 5.74) is 1.01. The van der Waals surface area contributed by atoms with Gasteiger partial charge >= 0.3 is 0 Å². The Morgan fingerprint density at radius 1 is 1.33 bits per heavy atom. The molecule has 2 atom stereocenters. The highest BCUT2D eigenvalue weighted by Gasteiger charge is 2.34. The highest BCUT2D eigenvalue weighted by atomic mass is 35.5. The maximum absolute atomic E-state index is 12.6. The van der Waals surface area contributed by atoms with Crippen LogP contribution < -0.4 is 10.6 Å². The van der Waals surface area contributed by atoms with Gasteiger partial charge < -0.3 is 20.3 Å². The fourth-order valence-corrected chi connectivity index (χ4v) is 3.07. The molecule has 24 heavy (non-hydrogen) atoms. The third-order valence-electron chi connectivity index (χ3n) is 4.34. The standard InChI is InChI=1S/C17H23N3O3.ClH/c21-16-12-23-11-15(17(22)19-14-7-4-8-18-9-14)20(16)10-13-5-2-1-3-6-13;/h1-3,5-6,14-15,18H,4,7-12H2,(H,19,22);1H/t14?,15-;/m1./s1. The van der Waals surface area contributed by atoms with Gasteiger partial charge in [0.25, 0.3) is 0 Å². The summed E-state index contributed by atoms with van der Waals surface area (Å²) < 4.78 is 5.30. The van der Waals surface area contributed by atoms with Crippen molar-refractivity contribution in [1.29, 1.82) is 0 Å². The number of rotatable bonds is 4. The number of carbonyl (C=O) groups is 2. The van der Waals surface area contributed by atoms with Crippen LogP contribution in [0, 0.1) is 0 Å². The molecule has 2 heterocycles. The largest absolute Gasteiger partial charge is 0.369 e. The van der Waals surface area contributed by atoms with Crippen molar-refractivity contribution in [3.63, 3.8) is 0 Å². The Kier molecular flexibility index (Phi) is 7.02. The fraction of sp³-hybridized carbons (Fsp3) is 0.529. The lowest BCUT2D eigenvalue weighted by atomic mass is 10.1. The summed E-state index contributed by atoms with van der Waals surface area (Å²) in [5, 5.41) is 6.33. The molecular formula is C17H24ClN3O3. The summed E-state index contributed by atoms with van der Waals surface area (Å²) >= 11 is 0. The van der Waals surface area contributed by atoms with Gasteiger partial charge in [-0.15, -0.1) is 12.4 Å². The van der Waals surface area contributed by atoms with Crippen molar-refractivity contribution in [2.45, 2.75) is 31.5 Å². The number of hydrogen-bond donors (Lipinski definition) is 2. The molecule has 0 aliphatic carbocycles. The molecule has 2 amide bonds. The Balaban J connectivity index is 0.00000208. The van der Waals surface area contributed by atoms with E-state index < -0.39 is 6.04 Å². The number of amides is 2. The first-order valence-electron chi connectivity index (χ1n) is 8.16. The van der Waals surface area contributed by atoms with Gasteiger partial charge in [-0.05, 0) is 24.9 Å². The number of halogens is 1. The molecule has 6 nitrogen and oxygen atoms in total. The Morgan fingerprint density at radius 3 is 2.83 bits per heavy atom. The van der Waals surface area contributed by atoms with E-state index in [4.69, 9.17) is 4.74 Å². The lowest BCUT2D eigenvalue weighted by molar-refractivity contribution is -0.156. The minimum absolute atomic E-state index is 0. The molecule has 132 valence electrons. The van der Waals surface area contributed by atoms with E-state index in [-0.39, 0.29) is 43.5 Å². The molecule has 0 saturated carbocycles. The van der Waals surface area contributed by atoms with E-state index in [2.05, 4.69) is 10.6 Å². The summed E-state index contributed by atoms with van der Waals surface area (Å²) in [5.74, 6) is -0.260. The van der Waals surface area contributed by atoms with Crippen LogP contribution in [-0.2, 0) is 20.9 Å². The number of nitrogens with zero attached hydrogens (tertiary/aromatic N) is 1. The zero-order valence-electron chi connectivity index (χ0n) is 13.6. The van der Waals surface area contributed by atoms with E-state index in [0.29, 0.717) is 6.54 Å². The van der Waals surface area contributed by atoms with Gasteiger partial charge in [0.1, 0.15) is 12.6 Å². The molecule has 0 spiro atoms. The number of carbonyl (C=O) groups excluding carboxylic acids is 2. The minimum atomic E-state index is -0.557. The average molecular weight is 354 g/mol. The predicted octanol–water partition coefficient (Wildman–Crippen LogP) is 0.704. The predicted molar refractivity (Wildman–Crippen MR) is 92.9 cm³/mol. The van der Waals surface area contributed by atoms with Crippen LogP contribution >= 0.6 is 12.4 Å². The van der Waals surface area contributed by atoms with Gasteiger partial charge in [0.15, 0.2) is 0 Å². The first-order valence-corrected chi connectivity index (χ1v) is 8.16. The first-order chi connectivity index (χ1) is 11.2. The molecule has 1 aromatic rings. The zero-order valence-corrected chi connectivity index (χ0v) is 14.4. The van der Waals surface area contributed by atoms with Gasteiger partial charge in [-0.2, -0.15) is 0 Å². The monoisotopic (exact) mass is 353 g/mol. The van der Waals surface area contributed by atoms with Crippen LogP contribution in [-0.4, -0.2) is 55.1 Å². The van der Waals surface area contributed by atoms with E-state index in [0.717, 1.165) is 31.5 Å². The molecule has 2 fully saturated rings. The third kappa shape index (κ3) is 4.69. The summed E-state index contributed by atoms with van der Waals surface area (Å²) in [6.45, 7) is 2.51. The maximum Gasteiger partial charge on any atom is 0.249 e. The normalized spacial score (nSPS) is 24.2. The van der Waals surface area contributed by atoms with Crippen LogP contribution in [0.4, 0.5) is 0 Å². The number of ether oxygens (including phenoxy) is 1. The van der Waals surface area contributed by atoms with Crippen LogP contribution in [0.2, 0.25) is 0 Å². The second kappa shape index (κ2) is 9.01. The highest BCUT2D eigenvalue weighted by Crippen LogP contribution is 2.14. The molecule has 2 saturated heterocycles. The van der Waals surface area contributed by atoms with E-state index in [1.807, 2.05) is 30.3 Å². The molecular weight excluding hydrogens is 330 g/mol.